The Morgan fingerprint density at radius 1 is 1.14 bits per heavy atom. The van der Waals surface area contributed by atoms with Crippen molar-refractivity contribution in [3.8, 4) is 5.75 Å². The smallest absolute Gasteiger partial charge is 0.191 e. The summed E-state index contributed by atoms with van der Waals surface area (Å²) in [7, 11) is 0. The number of fused-ring (bicyclic) bond motifs is 1. The summed E-state index contributed by atoms with van der Waals surface area (Å²) < 4.78 is 8.08. The van der Waals surface area contributed by atoms with Gasteiger partial charge in [0.2, 0.25) is 0 Å². The number of pyridine rings is 1. The van der Waals surface area contributed by atoms with Gasteiger partial charge in [0.15, 0.2) is 17.4 Å². The summed E-state index contributed by atoms with van der Waals surface area (Å²) in [6, 6.07) is 14.0. The number of aliphatic imine (C=N–C) groups is 1. The van der Waals surface area contributed by atoms with E-state index < -0.39 is 0 Å². The number of guanidine groups is 1. The standard InChI is InChI=1S/C21H26N6O/c1-2-22-21(24-15-20-26-25-19-12-5-6-13-27(19)20)23-14-16-8-3-4-11-18(16)28-17-9-7-10-17/h3-6,8,11-13,17H,2,7,9-10,14-15H2,1H3,(H2,22,23,24). The molecule has 146 valence electrons. The maximum Gasteiger partial charge on any atom is 0.191 e. The highest BCUT2D eigenvalue weighted by Crippen LogP contribution is 2.27. The number of ether oxygens (including phenoxy) is 1. The SMILES string of the molecule is CCNC(=NCc1ccccc1OC1CCC1)NCc1nnc2ccccn12. The Hall–Kier alpha value is -3.09. The molecule has 4 rings (SSSR count). The molecule has 1 aliphatic rings. The molecule has 0 saturated heterocycles. The van der Waals surface area contributed by atoms with E-state index >= 15 is 0 Å². The molecule has 0 spiro atoms. The van der Waals surface area contributed by atoms with Crippen molar-refractivity contribution < 1.29 is 4.74 Å². The van der Waals surface area contributed by atoms with Crippen molar-refractivity contribution in [3.63, 3.8) is 0 Å². The number of hydrogen-bond donors (Lipinski definition) is 2. The number of para-hydroxylation sites is 1. The second kappa shape index (κ2) is 8.73. The molecule has 0 aliphatic heterocycles. The third-order valence-corrected chi connectivity index (χ3v) is 4.87. The molecule has 7 heteroatoms. The van der Waals surface area contributed by atoms with Gasteiger partial charge in [-0.25, -0.2) is 4.99 Å². The first kappa shape index (κ1) is 18.3. The number of rotatable bonds is 7. The van der Waals surface area contributed by atoms with Gasteiger partial charge in [-0.2, -0.15) is 0 Å². The normalized spacial score (nSPS) is 14.7. The molecule has 1 fully saturated rings. The number of benzene rings is 1. The lowest BCUT2D eigenvalue weighted by atomic mass is 9.96. The number of hydrogen-bond acceptors (Lipinski definition) is 4. The highest BCUT2D eigenvalue weighted by Gasteiger charge is 2.20. The van der Waals surface area contributed by atoms with E-state index in [-0.39, 0.29) is 0 Å². The van der Waals surface area contributed by atoms with E-state index in [1.54, 1.807) is 0 Å². The Kier molecular flexibility index (Phi) is 5.70. The van der Waals surface area contributed by atoms with Crippen molar-refractivity contribution in [2.24, 2.45) is 4.99 Å². The fraction of sp³-hybridized carbons (Fsp3) is 0.381. The van der Waals surface area contributed by atoms with E-state index in [1.807, 2.05) is 47.0 Å². The molecule has 0 radical (unpaired) electrons. The first-order valence-electron chi connectivity index (χ1n) is 9.89. The molecule has 0 unspecified atom stereocenters. The van der Waals surface area contributed by atoms with E-state index in [4.69, 9.17) is 9.73 Å². The van der Waals surface area contributed by atoms with Gasteiger partial charge in [-0.1, -0.05) is 24.3 Å². The van der Waals surface area contributed by atoms with E-state index in [0.717, 1.165) is 48.1 Å². The van der Waals surface area contributed by atoms with Crippen molar-refractivity contribution in [1.82, 2.24) is 25.2 Å². The zero-order valence-electron chi connectivity index (χ0n) is 16.1. The molecule has 7 nitrogen and oxygen atoms in total. The molecular formula is C21H26N6O. The lowest BCUT2D eigenvalue weighted by Crippen LogP contribution is -2.37. The van der Waals surface area contributed by atoms with Crippen molar-refractivity contribution in [3.05, 3.63) is 60.0 Å². The maximum absolute atomic E-state index is 6.11. The highest BCUT2D eigenvalue weighted by molar-refractivity contribution is 5.79. The quantitative estimate of drug-likeness (QED) is 0.488. The molecule has 0 amide bonds. The highest BCUT2D eigenvalue weighted by atomic mass is 16.5. The molecule has 0 atom stereocenters. The Balaban J connectivity index is 1.43. The molecule has 1 aliphatic carbocycles. The summed E-state index contributed by atoms with van der Waals surface area (Å²) in [4.78, 5) is 4.73. The van der Waals surface area contributed by atoms with Crippen LogP contribution >= 0.6 is 0 Å². The van der Waals surface area contributed by atoms with E-state index in [1.165, 1.54) is 6.42 Å². The summed E-state index contributed by atoms with van der Waals surface area (Å²) in [5, 5.41) is 15.1. The summed E-state index contributed by atoms with van der Waals surface area (Å²) in [6.45, 7) is 3.93. The predicted molar refractivity (Wildman–Crippen MR) is 109 cm³/mol. The van der Waals surface area contributed by atoms with Gasteiger partial charge in [0.1, 0.15) is 5.75 Å². The molecule has 2 aromatic heterocycles. The van der Waals surface area contributed by atoms with Crippen molar-refractivity contribution in [1.29, 1.82) is 0 Å². The fourth-order valence-corrected chi connectivity index (χ4v) is 3.10. The second-order valence-corrected chi connectivity index (χ2v) is 6.87. The number of nitrogens with one attached hydrogen (secondary N) is 2. The predicted octanol–water partition coefficient (Wildman–Crippen LogP) is 2.92. The number of aromatic nitrogens is 3. The van der Waals surface area contributed by atoms with Crippen LogP contribution in [0.3, 0.4) is 0 Å². The Morgan fingerprint density at radius 2 is 2.00 bits per heavy atom. The van der Waals surface area contributed by atoms with E-state index in [2.05, 4.69) is 33.8 Å². The summed E-state index contributed by atoms with van der Waals surface area (Å²) >= 11 is 0. The minimum atomic E-state index is 0.359. The fourth-order valence-electron chi connectivity index (χ4n) is 3.10. The van der Waals surface area contributed by atoms with Crippen molar-refractivity contribution in [2.75, 3.05) is 6.54 Å². The van der Waals surface area contributed by atoms with Crippen LogP contribution in [-0.4, -0.2) is 33.2 Å². The van der Waals surface area contributed by atoms with Crippen LogP contribution in [0.1, 0.15) is 37.6 Å². The van der Waals surface area contributed by atoms with Crippen LogP contribution in [0.15, 0.2) is 53.7 Å². The van der Waals surface area contributed by atoms with Crippen LogP contribution in [-0.2, 0) is 13.1 Å². The van der Waals surface area contributed by atoms with Crippen LogP contribution in [0.2, 0.25) is 0 Å². The van der Waals surface area contributed by atoms with Crippen LogP contribution in [0.4, 0.5) is 0 Å². The zero-order chi connectivity index (χ0) is 19.2. The molecule has 0 bridgehead atoms. The van der Waals surface area contributed by atoms with Gasteiger partial charge in [-0.15, -0.1) is 10.2 Å². The van der Waals surface area contributed by atoms with Crippen LogP contribution in [0.25, 0.3) is 5.65 Å². The first-order valence-corrected chi connectivity index (χ1v) is 9.89. The molecule has 2 heterocycles. The van der Waals surface area contributed by atoms with Gasteiger partial charge < -0.3 is 15.4 Å². The van der Waals surface area contributed by atoms with Gasteiger partial charge >= 0.3 is 0 Å². The average Bonchev–Trinajstić information content (AvgIpc) is 3.11. The topological polar surface area (TPSA) is 75.8 Å². The lowest BCUT2D eigenvalue weighted by Gasteiger charge is -2.27. The molecule has 3 aromatic rings. The summed E-state index contributed by atoms with van der Waals surface area (Å²) in [5.41, 5.74) is 1.93. The van der Waals surface area contributed by atoms with Crippen molar-refractivity contribution >= 4 is 11.6 Å². The average molecular weight is 378 g/mol. The van der Waals surface area contributed by atoms with Crippen LogP contribution in [0.5, 0.6) is 5.75 Å². The lowest BCUT2D eigenvalue weighted by molar-refractivity contribution is 0.119. The van der Waals surface area contributed by atoms with Crippen LogP contribution < -0.4 is 15.4 Å². The van der Waals surface area contributed by atoms with Crippen molar-refractivity contribution in [2.45, 2.75) is 45.4 Å². The molecule has 28 heavy (non-hydrogen) atoms. The third-order valence-electron chi connectivity index (χ3n) is 4.87. The minimum Gasteiger partial charge on any atom is -0.490 e. The zero-order valence-corrected chi connectivity index (χ0v) is 16.1. The second-order valence-electron chi connectivity index (χ2n) is 6.87. The molecule has 1 saturated carbocycles. The van der Waals surface area contributed by atoms with Gasteiger partial charge in [0.05, 0.1) is 19.2 Å². The monoisotopic (exact) mass is 378 g/mol. The van der Waals surface area contributed by atoms with Gasteiger partial charge in [0.25, 0.3) is 0 Å². The van der Waals surface area contributed by atoms with Gasteiger partial charge in [0, 0.05) is 18.3 Å². The first-order chi connectivity index (χ1) is 13.8. The third kappa shape index (κ3) is 4.24. The summed E-state index contributed by atoms with van der Waals surface area (Å²) in [5.74, 6) is 2.53. The molecular weight excluding hydrogens is 352 g/mol. The van der Waals surface area contributed by atoms with Crippen LogP contribution in [0, 0.1) is 0 Å². The van der Waals surface area contributed by atoms with E-state index in [0.29, 0.717) is 19.2 Å². The molecule has 2 N–H and O–H groups in total. The van der Waals surface area contributed by atoms with Gasteiger partial charge in [-0.05, 0) is 44.4 Å². The Bertz CT molecular complexity index is 947. The molecule has 1 aromatic carbocycles. The maximum atomic E-state index is 6.11. The number of nitrogens with zero attached hydrogens (tertiary/aromatic N) is 4. The minimum absolute atomic E-state index is 0.359. The Morgan fingerprint density at radius 3 is 2.82 bits per heavy atom. The van der Waals surface area contributed by atoms with Gasteiger partial charge in [-0.3, -0.25) is 4.40 Å². The largest absolute Gasteiger partial charge is 0.490 e. The van der Waals surface area contributed by atoms with E-state index in [9.17, 15) is 0 Å². The summed E-state index contributed by atoms with van der Waals surface area (Å²) in [6.07, 6.45) is 5.88. The Labute approximate surface area is 164 Å².